The Morgan fingerprint density at radius 3 is 0.831 bits per heavy atom. The zero-order chi connectivity index (χ0) is 84.1. The fourth-order valence-electron chi connectivity index (χ4n) is 12.6. The molecule has 0 spiro atoms. The molecule has 632 valence electrons. The highest BCUT2D eigenvalue weighted by Crippen LogP contribution is 2.35. The number of halogens is 9. The molecule has 0 unspecified atom stereocenters. The van der Waals surface area contributed by atoms with Gasteiger partial charge in [0.1, 0.15) is 52.6 Å². The van der Waals surface area contributed by atoms with E-state index in [1.807, 2.05) is 19.6 Å². The number of nitrogens with two attached hydrogens (primary N) is 2. The Morgan fingerprint density at radius 1 is 0.381 bits per heavy atom. The SMILES string of the molecule is NC[C@H]1CN(c2ccc(N3CCOCC3)c(F)c2)C(=O)O1.NC[C@H]1CN(c2ccc(N3CCOCC3)c(F)c2)C(=O)O1.O=C(Cl)c1ccc(Cl)s1.O=C(NC[C@H]1CN(c2ccc(N3CCOCC3)c(F)c2)C(=O)O1)c1ccc(Cl)s1.O=C(NC[C@H]1CN(c2ccc(N3CCOCC3)c(F)c2)C(=O)O1)c1ccc(Cl)s1.O=C(O)c1ccc(Cl)s1. The molecular formula is C76H79Cl5F4N12O17S4. The van der Waals surface area contributed by atoms with Crippen molar-refractivity contribution in [2.45, 2.75) is 24.4 Å². The molecule has 29 nitrogen and oxygen atoms in total. The Hall–Kier alpha value is -9.03. The molecular weight excluding hydrogens is 1730 g/mol. The summed E-state index contributed by atoms with van der Waals surface area (Å²) in [7, 11) is 0. The van der Waals surface area contributed by atoms with Crippen molar-refractivity contribution in [2.24, 2.45) is 11.5 Å². The molecule has 8 fully saturated rings. The third-order valence-electron chi connectivity index (χ3n) is 18.5. The van der Waals surface area contributed by atoms with Crippen LogP contribution in [0.5, 0.6) is 0 Å². The molecule has 0 saturated carbocycles. The molecule has 8 aliphatic rings. The van der Waals surface area contributed by atoms with Gasteiger partial charge in [0, 0.05) is 65.4 Å². The fraction of sp³-hybridized carbons (Fsp3) is 0.368. The number of anilines is 8. The number of benzene rings is 4. The van der Waals surface area contributed by atoms with Gasteiger partial charge in [0.2, 0.25) is 0 Å². The molecule has 0 aliphatic carbocycles. The van der Waals surface area contributed by atoms with Crippen molar-refractivity contribution < 1.29 is 98.9 Å². The molecule has 118 heavy (non-hydrogen) atoms. The molecule has 16 rings (SSSR count). The Balaban J connectivity index is 0.000000145. The van der Waals surface area contributed by atoms with E-state index in [1.165, 1.54) is 83.9 Å². The maximum absolute atomic E-state index is 14.6. The first-order chi connectivity index (χ1) is 56.8. The topological polar surface area (TPSA) is 333 Å². The van der Waals surface area contributed by atoms with Crippen molar-refractivity contribution in [3.8, 4) is 0 Å². The van der Waals surface area contributed by atoms with E-state index < -0.39 is 59.4 Å². The zero-order valence-electron chi connectivity index (χ0n) is 62.6. The first-order valence-electron chi connectivity index (χ1n) is 36.6. The first-order valence-corrected chi connectivity index (χ1v) is 41.8. The number of hydrogen-bond donors (Lipinski definition) is 5. The number of ether oxygens (including phenoxy) is 8. The average Bonchev–Trinajstić information content (AvgIpc) is 1.83. The Morgan fingerprint density at radius 2 is 0.627 bits per heavy atom. The van der Waals surface area contributed by atoms with Gasteiger partial charge in [-0.1, -0.05) is 46.4 Å². The van der Waals surface area contributed by atoms with E-state index in [2.05, 4.69) is 10.6 Å². The number of carbonyl (C=O) groups excluding carboxylic acids is 7. The Bertz CT molecular complexity index is 4530. The van der Waals surface area contributed by atoms with Crippen LogP contribution in [0.2, 0.25) is 17.3 Å². The van der Waals surface area contributed by atoms with E-state index in [4.69, 9.17) is 112 Å². The number of hydrogen-bond acceptors (Lipinski definition) is 26. The van der Waals surface area contributed by atoms with Crippen molar-refractivity contribution in [2.75, 3.05) is 197 Å². The van der Waals surface area contributed by atoms with Crippen LogP contribution in [0.25, 0.3) is 0 Å². The molecule has 6 amide bonds. The van der Waals surface area contributed by atoms with Crippen molar-refractivity contribution >= 4 is 196 Å². The highest BCUT2D eigenvalue weighted by atomic mass is 35.5. The van der Waals surface area contributed by atoms with E-state index in [0.717, 1.165) is 11.3 Å². The molecule has 8 aliphatic heterocycles. The van der Waals surface area contributed by atoms with Gasteiger partial charge in [-0.15, -0.1) is 45.3 Å². The standard InChI is InChI=1S/2C19H19ClFN3O4S.2C14H18FN3O3.C5H2Cl2OS.C5H3ClO2S/c2*20-17-4-3-16(29-17)18(25)22-10-13-11-24(19(26)28-13)12-1-2-15(14(21)9-12)23-5-7-27-8-6-23;2*15-12-7-10(18-9-11(8-16)21-14(18)19)1-2-13(12)17-3-5-20-6-4-17;2*6-4-2-1-3(9-4)5(7)8/h2*1-4,9,13H,5-8,10-11H2,(H,22,25);2*1-2,7,11H,3-6,8-9,16H2;1-2H;1-2H,(H,7,8)/t2*13-;2*11-;;/m0000../s1. The quantitative estimate of drug-likeness (QED) is 0.0303. The van der Waals surface area contributed by atoms with Crippen LogP contribution >= 0.6 is 103 Å². The monoisotopic (exact) mass is 1810 g/mol. The van der Waals surface area contributed by atoms with Gasteiger partial charge in [-0.25, -0.2) is 41.5 Å². The number of carboxylic acid groups (broad SMARTS) is 1. The van der Waals surface area contributed by atoms with E-state index in [9.17, 15) is 55.9 Å². The van der Waals surface area contributed by atoms with Crippen molar-refractivity contribution in [3.05, 3.63) is 181 Å². The normalized spacial score (nSPS) is 19.0. The van der Waals surface area contributed by atoms with Gasteiger partial charge < -0.3 is 84.7 Å². The number of cyclic esters (lactones) is 4. The predicted octanol–water partition coefficient (Wildman–Crippen LogP) is 13.0. The van der Waals surface area contributed by atoms with Gasteiger partial charge in [0.15, 0.2) is 0 Å². The molecule has 0 bridgehead atoms. The summed E-state index contributed by atoms with van der Waals surface area (Å²) in [5, 5.41) is 13.4. The van der Waals surface area contributed by atoms with E-state index in [0.29, 0.717) is 196 Å². The largest absolute Gasteiger partial charge is 0.477 e. The Kier molecular flexibility index (Phi) is 32.9. The van der Waals surface area contributed by atoms with Crippen LogP contribution in [0.3, 0.4) is 0 Å². The number of amides is 6. The second kappa shape index (κ2) is 43.3. The van der Waals surface area contributed by atoms with E-state index in [-0.39, 0.29) is 79.8 Å². The van der Waals surface area contributed by atoms with Crippen LogP contribution in [-0.4, -0.2) is 234 Å². The summed E-state index contributed by atoms with van der Waals surface area (Å²) in [5.74, 6) is -2.98. The first kappa shape index (κ1) is 89.8. The molecule has 8 aromatic rings. The van der Waals surface area contributed by atoms with Crippen molar-refractivity contribution in [1.29, 1.82) is 0 Å². The highest BCUT2D eigenvalue weighted by molar-refractivity contribution is 7.19. The minimum atomic E-state index is -0.924. The van der Waals surface area contributed by atoms with Crippen LogP contribution in [0.1, 0.15) is 38.7 Å². The van der Waals surface area contributed by atoms with Gasteiger partial charge >= 0.3 is 30.3 Å². The summed E-state index contributed by atoms with van der Waals surface area (Å²) >= 11 is 32.4. The number of nitrogens with one attached hydrogen (secondary N) is 2. The smallest absolute Gasteiger partial charge is 0.414 e. The van der Waals surface area contributed by atoms with Gasteiger partial charge in [-0.3, -0.25) is 34.0 Å². The number of thiophene rings is 4. The van der Waals surface area contributed by atoms with Crippen LogP contribution < -0.4 is 61.3 Å². The summed E-state index contributed by atoms with van der Waals surface area (Å²) in [4.78, 5) is 108. The summed E-state index contributed by atoms with van der Waals surface area (Å²) < 4.78 is 102. The molecule has 8 saturated heterocycles. The second-order valence-electron chi connectivity index (χ2n) is 26.3. The van der Waals surface area contributed by atoms with Gasteiger partial charge in [0.25, 0.3) is 17.1 Å². The molecule has 0 radical (unpaired) electrons. The van der Waals surface area contributed by atoms with Gasteiger partial charge in [-0.2, -0.15) is 0 Å². The number of carboxylic acids is 1. The zero-order valence-corrected chi connectivity index (χ0v) is 69.6. The number of nitrogens with zero attached hydrogens (tertiary/aromatic N) is 8. The lowest BCUT2D eigenvalue weighted by molar-refractivity contribution is 0.0700. The molecule has 42 heteroatoms. The van der Waals surface area contributed by atoms with Crippen molar-refractivity contribution in [3.63, 3.8) is 0 Å². The predicted molar refractivity (Wildman–Crippen MR) is 445 cm³/mol. The second-order valence-corrected chi connectivity index (χ2v) is 33.5. The summed E-state index contributed by atoms with van der Waals surface area (Å²) in [6.07, 6.45) is -3.82. The lowest BCUT2D eigenvalue weighted by atomic mass is 10.2. The summed E-state index contributed by atoms with van der Waals surface area (Å²) in [6, 6.07) is 31.8. The lowest BCUT2D eigenvalue weighted by Crippen LogP contribution is -2.37. The molecule has 12 heterocycles. The summed E-state index contributed by atoms with van der Waals surface area (Å²) in [5.41, 5.74) is 14.8. The van der Waals surface area contributed by atoms with Crippen LogP contribution in [-0.2, 0) is 37.9 Å². The molecule has 4 atom stereocenters. The van der Waals surface area contributed by atoms with Crippen LogP contribution in [0.4, 0.5) is 82.2 Å². The maximum atomic E-state index is 14.6. The Labute approximate surface area is 715 Å². The lowest BCUT2D eigenvalue weighted by Gasteiger charge is -2.29. The maximum Gasteiger partial charge on any atom is 0.414 e. The minimum absolute atomic E-state index is 0.158. The third kappa shape index (κ3) is 24.6. The number of rotatable bonds is 18. The molecule has 4 aromatic carbocycles. The van der Waals surface area contributed by atoms with Crippen LogP contribution in [0.15, 0.2) is 121 Å². The van der Waals surface area contributed by atoms with Crippen LogP contribution in [0, 0.1) is 23.3 Å². The number of morpholine rings is 4. The average molecular weight is 1810 g/mol. The van der Waals surface area contributed by atoms with Crippen molar-refractivity contribution in [1.82, 2.24) is 10.6 Å². The van der Waals surface area contributed by atoms with E-state index in [1.54, 1.807) is 91.0 Å². The molecule has 7 N–H and O–H groups in total. The highest BCUT2D eigenvalue weighted by Gasteiger charge is 2.37. The van der Waals surface area contributed by atoms with Gasteiger partial charge in [-0.05, 0) is 133 Å². The minimum Gasteiger partial charge on any atom is -0.477 e. The third-order valence-corrected chi connectivity index (χ3v) is 23.8. The molecule has 4 aromatic heterocycles. The number of carbonyl (C=O) groups is 8. The fourth-order valence-corrected chi connectivity index (χ4v) is 16.4. The summed E-state index contributed by atoms with van der Waals surface area (Å²) in [6.45, 7) is 11.8. The van der Waals surface area contributed by atoms with E-state index >= 15 is 0 Å². The van der Waals surface area contributed by atoms with Gasteiger partial charge in [0.05, 0.1) is 170 Å². The number of aromatic carboxylic acids is 1.